The number of aliphatic hydroxyl groups excluding tert-OH is 1. The molecule has 106 valence electrons. The highest BCUT2D eigenvalue weighted by atomic mass is 16.3. The molecule has 0 radical (unpaired) electrons. The molecule has 0 aliphatic carbocycles. The maximum Gasteiger partial charge on any atom is 0.0807 e. The summed E-state index contributed by atoms with van der Waals surface area (Å²) in [4.78, 5) is 2.49. The van der Waals surface area contributed by atoms with Gasteiger partial charge in [-0.3, -0.25) is 0 Å². The molecule has 2 heteroatoms. The van der Waals surface area contributed by atoms with Crippen molar-refractivity contribution in [1.82, 2.24) is 0 Å². The van der Waals surface area contributed by atoms with Crippen LogP contribution in [0.5, 0.6) is 0 Å². The molecule has 0 aromatic heterocycles. The van der Waals surface area contributed by atoms with Crippen molar-refractivity contribution >= 4 is 5.69 Å². The zero-order chi connectivity index (χ0) is 14.0. The third kappa shape index (κ3) is 2.94. The molecule has 1 N–H and O–H groups in total. The van der Waals surface area contributed by atoms with Crippen molar-refractivity contribution in [3.63, 3.8) is 0 Å². The van der Waals surface area contributed by atoms with E-state index in [4.69, 9.17) is 0 Å². The van der Waals surface area contributed by atoms with E-state index in [1.165, 1.54) is 12.1 Å². The Morgan fingerprint density at radius 3 is 2.63 bits per heavy atom. The Hall–Kier alpha value is -1.02. The van der Waals surface area contributed by atoms with Gasteiger partial charge in [0.1, 0.15) is 0 Å². The molecule has 1 aliphatic rings. The normalized spacial score (nSPS) is 29.3. The Labute approximate surface area is 117 Å². The average molecular weight is 261 g/mol. The van der Waals surface area contributed by atoms with Crippen molar-refractivity contribution in [3.05, 3.63) is 29.8 Å². The Morgan fingerprint density at radius 1 is 1.26 bits per heavy atom. The van der Waals surface area contributed by atoms with E-state index in [0.717, 1.165) is 24.4 Å². The van der Waals surface area contributed by atoms with E-state index in [9.17, 15) is 5.11 Å². The third-order valence-corrected chi connectivity index (χ3v) is 4.59. The summed E-state index contributed by atoms with van der Waals surface area (Å²) in [5.74, 6) is 1.42. The van der Waals surface area contributed by atoms with Gasteiger partial charge in [-0.25, -0.2) is 0 Å². The predicted molar refractivity (Wildman–Crippen MR) is 81.4 cm³/mol. The number of piperidine rings is 1. The van der Waals surface area contributed by atoms with Crippen molar-refractivity contribution in [1.29, 1.82) is 0 Å². The van der Waals surface area contributed by atoms with Crippen LogP contribution in [0.25, 0.3) is 0 Å². The van der Waals surface area contributed by atoms with Crippen LogP contribution >= 0.6 is 0 Å². The average Bonchev–Trinajstić information content (AvgIpc) is 2.42. The molecular formula is C17H27NO. The van der Waals surface area contributed by atoms with Crippen molar-refractivity contribution in [2.45, 2.75) is 52.7 Å². The number of para-hydroxylation sites is 1. The topological polar surface area (TPSA) is 23.5 Å². The summed E-state index contributed by atoms with van der Waals surface area (Å²) in [6, 6.07) is 8.88. The van der Waals surface area contributed by atoms with Gasteiger partial charge >= 0.3 is 0 Å². The molecule has 1 heterocycles. The number of aliphatic hydroxyl groups is 1. The molecule has 1 aromatic carbocycles. The first kappa shape index (κ1) is 14.4. The first-order valence-electron chi connectivity index (χ1n) is 7.58. The molecule has 4 atom stereocenters. The van der Waals surface area contributed by atoms with E-state index < -0.39 is 0 Å². The molecule has 0 amide bonds. The highest BCUT2D eigenvalue weighted by Crippen LogP contribution is 2.35. The fourth-order valence-electron chi connectivity index (χ4n) is 3.28. The summed E-state index contributed by atoms with van der Waals surface area (Å²) in [7, 11) is 0. The standard InChI is InChI=1S/C17H27NO/c1-5-17(19)15-8-6-7-9-16(15)18-11-12(2)10-13(3)14(18)4/h6-9,12-14,17,19H,5,10-11H2,1-4H3. The minimum atomic E-state index is -0.351. The van der Waals surface area contributed by atoms with Gasteiger partial charge in [0, 0.05) is 23.8 Å². The van der Waals surface area contributed by atoms with Crippen molar-refractivity contribution in [2.24, 2.45) is 11.8 Å². The van der Waals surface area contributed by atoms with Crippen molar-refractivity contribution in [2.75, 3.05) is 11.4 Å². The fraction of sp³-hybridized carbons (Fsp3) is 0.647. The minimum Gasteiger partial charge on any atom is -0.388 e. The van der Waals surface area contributed by atoms with Gasteiger partial charge in [0.25, 0.3) is 0 Å². The smallest absolute Gasteiger partial charge is 0.0807 e. The lowest BCUT2D eigenvalue weighted by atomic mass is 9.85. The van der Waals surface area contributed by atoms with E-state index in [1.54, 1.807) is 0 Å². The molecule has 2 nitrogen and oxygen atoms in total. The highest BCUT2D eigenvalue weighted by Gasteiger charge is 2.30. The summed E-state index contributed by atoms with van der Waals surface area (Å²) in [6.45, 7) is 10.1. The number of rotatable bonds is 3. The summed E-state index contributed by atoms with van der Waals surface area (Å²) in [6.07, 6.45) is 1.72. The Kier molecular flexibility index (Phi) is 4.51. The maximum absolute atomic E-state index is 10.2. The number of nitrogens with zero attached hydrogens (tertiary/aromatic N) is 1. The third-order valence-electron chi connectivity index (χ3n) is 4.59. The molecule has 2 rings (SSSR count). The summed E-state index contributed by atoms with van der Waals surface area (Å²) >= 11 is 0. The molecule has 1 aromatic rings. The second-order valence-corrected chi connectivity index (χ2v) is 6.19. The van der Waals surface area contributed by atoms with E-state index in [-0.39, 0.29) is 6.10 Å². The largest absolute Gasteiger partial charge is 0.388 e. The van der Waals surface area contributed by atoms with Crippen LogP contribution in [0.4, 0.5) is 5.69 Å². The van der Waals surface area contributed by atoms with Gasteiger partial charge in [0.05, 0.1) is 6.10 Å². The summed E-state index contributed by atoms with van der Waals surface area (Å²) in [5, 5.41) is 10.2. The molecule has 1 fully saturated rings. The van der Waals surface area contributed by atoms with Crippen LogP contribution in [0.2, 0.25) is 0 Å². The molecule has 0 spiro atoms. The quantitative estimate of drug-likeness (QED) is 0.889. The van der Waals surface area contributed by atoms with E-state index in [0.29, 0.717) is 12.0 Å². The highest BCUT2D eigenvalue weighted by molar-refractivity contribution is 5.56. The van der Waals surface area contributed by atoms with Crippen LogP contribution in [0.3, 0.4) is 0 Å². The Morgan fingerprint density at radius 2 is 1.95 bits per heavy atom. The molecule has 1 saturated heterocycles. The maximum atomic E-state index is 10.2. The molecule has 1 aliphatic heterocycles. The van der Waals surface area contributed by atoms with Crippen LogP contribution in [0, 0.1) is 11.8 Å². The van der Waals surface area contributed by atoms with Gasteiger partial charge in [-0.15, -0.1) is 0 Å². The van der Waals surface area contributed by atoms with Crippen LogP contribution in [-0.4, -0.2) is 17.7 Å². The van der Waals surface area contributed by atoms with Gasteiger partial charge in [-0.05, 0) is 37.7 Å². The van der Waals surface area contributed by atoms with Crippen molar-refractivity contribution < 1.29 is 5.11 Å². The number of anilines is 1. The fourth-order valence-corrected chi connectivity index (χ4v) is 3.28. The second-order valence-electron chi connectivity index (χ2n) is 6.19. The molecular weight excluding hydrogens is 234 g/mol. The van der Waals surface area contributed by atoms with E-state index in [2.05, 4.69) is 43.9 Å². The van der Waals surface area contributed by atoms with Crippen LogP contribution < -0.4 is 4.90 Å². The van der Waals surface area contributed by atoms with Gasteiger partial charge in [0.15, 0.2) is 0 Å². The zero-order valence-electron chi connectivity index (χ0n) is 12.6. The van der Waals surface area contributed by atoms with Gasteiger partial charge < -0.3 is 10.0 Å². The van der Waals surface area contributed by atoms with Gasteiger partial charge in [-0.1, -0.05) is 39.0 Å². The zero-order valence-corrected chi connectivity index (χ0v) is 12.6. The van der Waals surface area contributed by atoms with Gasteiger partial charge in [-0.2, -0.15) is 0 Å². The SMILES string of the molecule is CCC(O)c1ccccc1N1CC(C)CC(C)C1C. The van der Waals surface area contributed by atoms with Gasteiger partial charge in [0.2, 0.25) is 0 Å². The lowest BCUT2D eigenvalue weighted by Gasteiger charge is -2.43. The minimum absolute atomic E-state index is 0.351. The van der Waals surface area contributed by atoms with E-state index >= 15 is 0 Å². The first-order chi connectivity index (χ1) is 9.04. The molecule has 19 heavy (non-hydrogen) atoms. The number of hydrogen-bond donors (Lipinski definition) is 1. The number of hydrogen-bond acceptors (Lipinski definition) is 2. The summed E-state index contributed by atoms with van der Waals surface area (Å²) in [5.41, 5.74) is 2.31. The lowest BCUT2D eigenvalue weighted by molar-refractivity contribution is 0.173. The summed E-state index contributed by atoms with van der Waals surface area (Å²) < 4.78 is 0. The van der Waals surface area contributed by atoms with Crippen LogP contribution in [0.1, 0.15) is 52.2 Å². The lowest BCUT2D eigenvalue weighted by Crippen LogP contribution is -2.46. The Balaban J connectivity index is 2.34. The molecule has 0 bridgehead atoms. The predicted octanol–water partition coefficient (Wildman–Crippen LogP) is 4.00. The van der Waals surface area contributed by atoms with Crippen LogP contribution in [-0.2, 0) is 0 Å². The van der Waals surface area contributed by atoms with Crippen LogP contribution in [0.15, 0.2) is 24.3 Å². The van der Waals surface area contributed by atoms with Crippen molar-refractivity contribution in [3.8, 4) is 0 Å². The van der Waals surface area contributed by atoms with E-state index in [1.807, 2.05) is 13.0 Å². The first-order valence-corrected chi connectivity index (χ1v) is 7.58. The molecule has 0 saturated carbocycles. The second kappa shape index (κ2) is 5.96. The molecule has 4 unspecified atom stereocenters. The monoisotopic (exact) mass is 261 g/mol. The Bertz CT molecular complexity index is 417. The number of benzene rings is 1.